The molecule has 1 aromatic carbocycles. The largest absolute Gasteiger partial charge is 0.508 e. The molecule has 120 valence electrons. The molecule has 1 atom stereocenters. The molecule has 3 rings (SSSR count). The highest BCUT2D eigenvalue weighted by Gasteiger charge is 2.22. The van der Waals surface area contributed by atoms with Crippen LogP contribution in [0.5, 0.6) is 5.75 Å². The Kier molecular flexibility index (Phi) is 4.83. The van der Waals surface area contributed by atoms with Gasteiger partial charge in [-0.3, -0.25) is 4.79 Å². The van der Waals surface area contributed by atoms with Crippen molar-refractivity contribution in [3.8, 4) is 5.75 Å². The minimum Gasteiger partial charge on any atom is -0.508 e. The molecule has 0 aromatic heterocycles. The van der Waals surface area contributed by atoms with E-state index >= 15 is 0 Å². The van der Waals surface area contributed by atoms with Gasteiger partial charge in [-0.25, -0.2) is 0 Å². The minimum absolute atomic E-state index is 0.291. The molecule has 0 radical (unpaired) electrons. The molecule has 2 aliphatic rings. The average molecular weight is 303 g/mol. The SMILES string of the molecule is O=C(CCC1CCNC1)N1CCN(c2ccc(O)cc2)CC1. The monoisotopic (exact) mass is 303 g/mol. The summed E-state index contributed by atoms with van der Waals surface area (Å²) in [7, 11) is 0. The fourth-order valence-electron chi connectivity index (χ4n) is 3.32. The predicted molar refractivity (Wildman–Crippen MR) is 87.1 cm³/mol. The lowest BCUT2D eigenvalue weighted by molar-refractivity contribution is -0.131. The summed E-state index contributed by atoms with van der Waals surface area (Å²) < 4.78 is 0. The second-order valence-corrected chi connectivity index (χ2v) is 6.28. The van der Waals surface area contributed by atoms with E-state index in [-0.39, 0.29) is 0 Å². The summed E-state index contributed by atoms with van der Waals surface area (Å²) in [5.74, 6) is 1.28. The van der Waals surface area contributed by atoms with Crippen LogP contribution in [0.3, 0.4) is 0 Å². The zero-order valence-electron chi connectivity index (χ0n) is 13.0. The molecule has 0 bridgehead atoms. The van der Waals surface area contributed by atoms with Crippen LogP contribution in [0.4, 0.5) is 5.69 Å². The smallest absolute Gasteiger partial charge is 0.222 e. The van der Waals surface area contributed by atoms with Gasteiger partial charge in [-0.15, -0.1) is 0 Å². The molecule has 5 nitrogen and oxygen atoms in total. The van der Waals surface area contributed by atoms with Gasteiger partial charge in [0.25, 0.3) is 0 Å². The van der Waals surface area contributed by atoms with Crippen LogP contribution < -0.4 is 10.2 Å². The van der Waals surface area contributed by atoms with Crippen molar-refractivity contribution in [1.29, 1.82) is 0 Å². The Morgan fingerprint density at radius 2 is 1.91 bits per heavy atom. The van der Waals surface area contributed by atoms with E-state index in [9.17, 15) is 9.90 Å². The standard InChI is InChI=1S/C17H25N3O2/c21-16-4-2-15(3-5-16)19-9-11-20(12-10-19)17(22)6-1-14-7-8-18-13-14/h2-5,14,18,21H,1,6-13H2. The van der Waals surface area contributed by atoms with E-state index in [1.807, 2.05) is 17.0 Å². The first-order valence-corrected chi connectivity index (χ1v) is 8.25. The highest BCUT2D eigenvalue weighted by Crippen LogP contribution is 2.20. The number of benzene rings is 1. The van der Waals surface area contributed by atoms with Crippen LogP contribution in [0, 0.1) is 5.92 Å². The minimum atomic E-state index is 0.291. The number of carbonyl (C=O) groups is 1. The number of nitrogens with zero attached hydrogens (tertiary/aromatic N) is 2. The van der Waals surface area contributed by atoms with Crippen molar-refractivity contribution in [1.82, 2.24) is 10.2 Å². The molecular weight excluding hydrogens is 278 g/mol. The molecule has 2 saturated heterocycles. The number of aromatic hydroxyl groups is 1. The van der Waals surface area contributed by atoms with Crippen molar-refractivity contribution < 1.29 is 9.90 Å². The van der Waals surface area contributed by atoms with Crippen LogP contribution in [0.2, 0.25) is 0 Å². The van der Waals surface area contributed by atoms with Crippen molar-refractivity contribution in [3.63, 3.8) is 0 Å². The van der Waals surface area contributed by atoms with Crippen LogP contribution in [-0.4, -0.2) is 55.2 Å². The quantitative estimate of drug-likeness (QED) is 0.883. The zero-order valence-corrected chi connectivity index (χ0v) is 13.0. The molecule has 1 amide bonds. The summed E-state index contributed by atoms with van der Waals surface area (Å²) in [5, 5.41) is 12.7. The fraction of sp³-hybridized carbons (Fsp3) is 0.588. The van der Waals surface area contributed by atoms with Crippen LogP contribution >= 0.6 is 0 Å². The Morgan fingerprint density at radius 1 is 1.18 bits per heavy atom. The summed E-state index contributed by atoms with van der Waals surface area (Å²) >= 11 is 0. The Balaban J connectivity index is 1.44. The van der Waals surface area contributed by atoms with E-state index in [4.69, 9.17) is 0 Å². The van der Waals surface area contributed by atoms with Gasteiger partial charge < -0.3 is 20.2 Å². The zero-order chi connectivity index (χ0) is 15.4. The number of carbonyl (C=O) groups excluding carboxylic acids is 1. The average Bonchev–Trinajstić information content (AvgIpc) is 3.07. The predicted octanol–water partition coefficient (Wildman–Crippen LogP) is 1.43. The maximum atomic E-state index is 12.3. The fourth-order valence-corrected chi connectivity index (χ4v) is 3.32. The number of hydrogen-bond acceptors (Lipinski definition) is 4. The first kappa shape index (κ1) is 15.2. The lowest BCUT2D eigenvalue weighted by atomic mass is 10.0. The van der Waals surface area contributed by atoms with Gasteiger partial charge in [0, 0.05) is 38.3 Å². The molecule has 2 heterocycles. The number of nitrogens with one attached hydrogen (secondary N) is 1. The molecule has 2 aliphatic heterocycles. The summed E-state index contributed by atoms with van der Waals surface area (Å²) in [6.45, 7) is 5.49. The Labute approximate surface area is 131 Å². The molecule has 0 aliphatic carbocycles. The molecule has 5 heteroatoms. The molecule has 2 fully saturated rings. The maximum absolute atomic E-state index is 12.3. The normalized spacial score (nSPS) is 22.1. The second kappa shape index (κ2) is 7.01. The van der Waals surface area contributed by atoms with Crippen molar-refractivity contribution >= 4 is 11.6 Å². The summed E-state index contributed by atoms with van der Waals surface area (Å²) in [6.07, 6.45) is 2.91. The van der Waals surface area contributed by atoms with Gasteiger partial charge in [0.15, 0.2) is 0 Å². The van der Waals surface area contributed by atoms with E-state index in [2.05, 4.69) is 10.2 Å². The van der Waals surface area contributed by atoms with Crippen molar-refractivity contribution in [2.45, 2.75) is 19.3 Å². The Morgan fingerprint density at radius 3 is 2.55 bits per heavy atom. The number of amides is 1. The first-order valence-electron chi connectivity index (χ1n) is 8.25. The second-order valence-electron chi connectivity index (χ2n) is 6.28. The number of phenols is 1. The van der Waals surface area contributed by atoms with E-state index in [1.54, 1.807) is 12.1 Å². The van der Waals surface area contributed by atoms with Crippen molar-refractivity contribution in [2.24, 2.45) is 5.92 Å². The molecule has 0 saturated carbocycles. The number of piperazine rings is 1. The molecule has 0 spiro atoms. The van der Waals surface area contributed by atoms with Gasteiger partial charge in [0.1, 0.15) is 5.75 Å². The summed E-state index contributed by atoms with van der Waals surface area (Å²) in [4.78, 5) is 16.6. The van der Waals surface area contributed by atoms with Gasteiger partial charge in [-0.05, 0) is 56.1 Å². The van der Waals surface area contributed by atoms with Crippen LogP contribution in [0.15, 0.2) is 24.3 Å². The number of anilines is 1. The third kappa shape index (κ3) is 3.71. The molecular formula is C17H25N3O2. The molecule has 22 heavy (non-hydrogen) atoms. The third-order valence-corrected chi connectivity index (χ3v) is 4.78. The van der Waals surface area contributed by atoms with Crippen LogP contribution in [0.25, 0.3) is 0 Å². The lowest BCUT2D eigenvalue weighted by Gasteiger charge is -2.36. The highest BCUT2D eigenvalue weighted by molar-refractivity contribution is 5.76. The number of hydrogen-bond donors (Lipinski definition) is 2. The molecule has 1 aromatic rings. The van der Waals surface area contributed by atoms with Gasteiger partial charge in [0.2, 0.25) is 5.91 Å². The van der Waals surface area contributed by atoms with E-state index < -0.39 is 0 Å². The van der Waals surface area contributed by atoms with Crippen molar-refractivity contribution in [3.05, 3.63) is 24.3 Å². The number of rotatable bonds is 4. The van der Waals surface area contributed by atoms with Gasteiger partial charge >= 0.3 is 0 Å². The third-order valence-electron chi connectivity index (χ3n) is 4.78. The van der Waals surface area contributed by atoms with Gasteiger partial charge in [-0.1, -0.05) is 0 Å². The van der Waals surface area contributed by atoms with E-state index in [0.29, 0.717) is 24.0 Å². The van der Waals surface area contributed by atoms with Gasteiger partial charge in [-0.2, -0.15) is 0 Å². The highest BCUT2D eigenvalue weighted by atomic mass is 16.3. The van der Waals surface area contributed by atoms with Crippen LogP contribution in [-0.2, 0) is 4.79 Å². The van der Waals surface area contributed by atoms with Crippen LogP contribution in [0.1, 0.15) is 19.3 Å². The Hall–Kier alpha value is -1.75. The molecule has 1 unspecified atom stereocenters. The van der Waals surface area contributed by atoms with Gasteiger partial charge in [0.05, 0.1) is 0 Å². The van der Waals surface area contributed by atoms with Crippen molar-refractivity contribution in [2.75, 3.05) is 44.2 Å². The lowest BCUT2D eigenvalue weighted by Crippen LogP contribution is -2.48. The topological polar surface area (TPSA) is 55.8 Å². The first-order chi connectivity index (χ1) is 10.7. The molecule has 2 N–H and O–H groups in total. The summed E-state index contributed by atoms with van der Waals surface area (Å²) in [6, 6.07) is 7.28. The maximum Gasteiger partial charge on any atom is 0.222 e. The summed E-state index contributed by atoms with van der Waals surface area (Å²) in [5.41, 5.74) is 1.11. The van der Waals surface area contributed by atoms with E-state index in [0.717, 1.165) is 51.4 Å². The van der Waals surface area contributed by atoms with E-state index in [1.165, 1.54) is 6.42 Å². The Bertz CT molecular complexity index is 489. The number of phenolic OH excluding ortho intramolecular Hbond substituents is 1.